The highest BCUT2D eigenvalue weighted by Gasteiger charge is 2.04. The van der Waals surface area contributed by atoms with E-state index in [0.29, 0.717) is 5.75 Å². The van der Waals surface area contributed by atoms with Gasteiger partial charge in [0.2, 0.25) is 5.91 Å². The fourth-order valence-electron chi connectivity index (χ4n) is 1.37. The minimum atomic E-state index is -0.00402. The van der Waals surface area contributed by atoms with Crippen molar-refractivity contribution in [3.63, 3.8) is 0 Å². The summed E-state index contributed by atoms with van der Waals surface area (Å²) in [5.74, 6) is 1.93. The predicted molar refractivity (Wildman–Crippen MR) is 67.5 cm³/mol. The zero-order chi connectivity index (χ0) is 12.0. The summed E-state index contributed by atoms with van der Waals surface area (Å²) in [5, 5.41) is 12.4. The van der Waals surface area contributed by atoms with Crippen molar-refractivity contribution < 1.29 is 9.90 Å². The molecule has 88 valence electrons. The second-order valence-electron chi connectivity index (χ2n) is 3.75. The molecule has 1 rings (SSSR count). The van der Waals surface area contributed by atoms with Crippen LogP contribution in [0.1, 0.15) is 19.4 Å². The van der Waals surface area contributed by atoms with E-state index in [9.17, 15) is 9.90 Å². The van der Waals surface area contributed by atoms with Crippen molar-refractivity contribution in [2.75, 3.05) is 5.75 Å². The minimum Gasteiger partial charge on any atom is -0.508 e. The number of amides is 1. The van der Waals surface area contributed by atoms with E-state index in [2.05, 4.69) is 5.32 Å². The summed E-state index contributed by atoms with van der Waals surface area (Å²) in [6.45, 7) is 3.49. The van der Waals surface area contributed by atoms with Gasteiger partial charge in [-0.3, -0.25) is 4.79 Å². The Morgan fingerprint density at radius 2 is 2.19 bits per heavy atom. The van der Waals surface area contributed by atoms with Gasteiger partial charge >= 0.3 is 0 Å². The standard InChI is InChI=1S/C12H17NO2S/c1-9(13-10(2)14)7-16-8-11-5-3-4-6-12(11)15/h3-6,9,15H,7-8H2,1-2H3,(H,13,14)/t9-/m1/s1. The van der Waals surface area contributed by atoms with Crippen molar-refractivity contribution in [3.8, 4) is 5.75 Å². The Labute approximate surface area is 100 Å². The van der Waals surface area contributed by atoms with Crippen LogP contribution in [0.3, 0.4) is 0 Å². The van der Waals surface area contributed by atoms with Crippen LogP contribution in [0.5, 0.6) is 5.75 Å². The molecule has 0 unspecified atom stereocenters. The zero-order valence-corrected chi connectivity index (χ0v) is 10.4. The molecule has 0 spiro atoms. The van der Waals surface area contributed by atoms with E-state index in [-0.39, 0.29) is 11.9 Å². The second kappa shape index (κ2) is 6.43. The molecular weight excluding hydrogens is 222 g/mol. The molecule has 1 amide bonds. The third kappa shape index (κ3) is 4.57. The van der Waals surface area contributed by atoms with Crippen LogP contribution in [0, 0.1) is 0 Å². The normalized spacial score (nSPS) is 12.1. The molecular formula is C12H17NO2S. The third-order valence-corrected chi connectivity index (χ3v) is 3.32. The lowest BCUT2D eigenvalue weighted by molar-refractivity contribution is -0.119. The topological polar surface area (TPSA) is 49.3 Å². The van der Waals surface area contributed by atoms with Crippen molar-refractivity contribution >= 4 is 17.7 Å². The van der Waals surface area contributed by atoms with Crippen molar-refractivity contribution in [2.45, 2.75) is 25.6 Å². The van der Waals surface area contributed by atoms with Crippen molar-refractivity contribution in [1.29, 1.82) is 0 Å². The molecule has 0 aliphatic heterocycles. The summed E-state index contributed by atoms with van der Waals surface area (Å²) < 4.78 is 0. The quantitative estimate of drug-likeness (QED) is 0.827. The molecule has 1 aromatic rings. The molecule has 0 aromatic heterocycles. The van der Waals surface area contributed by atoms with Gasteiger partial charge in [0.15, 0.2) is 0 Å². The van der Waals surface area contributed by atoms with E-state index in [4.69, 9.17) is 0 Å². The Balaban J connectivity index is 2.30. The number of carbonyl (C=O) groups excluding carboxylic acids is 1. The van der Waals surface area contributed by atoms with Crippen LogP contribution in [-0.2, 0) is 10.5 Å². The monoisotopic (exact) mass is 239 g/mol. The van der Waals surface area contributed by atoms with Gasteiger partial charge in [0.25, 0.3) is 0 Å². The fraction of sp³-hybridized carbons (Fsp3) is 0.417. The van der Waals surface area contributed by atoms with E-state index in [1.807, 2.05) is 25.1 Å². The summed E-state index contributed by atoms with van der Waals surface area (Å²) >= 11 is 1.70. The van der Waals surface area contributed by atoms with E-state index in [1.165, 1.54) is 6.92 Å². The summed E-state index contributed by atoms with van der Waals surface area (Å²) in [5.41, 5.74) is 0.933. The number of nitrogens with one attached hydrogen (secondary N) is 1. The third-order valence-electron chi connectivity index (χ3n) is 2.07. The van der Waals surface area contributed by atoms with Gasteiger partial charge in [-0.15, -0.1) is 0 Å². The molecule has 0 saturated carbocycles. The van der Waals surface area contributed by atoms with Crippen molar-refractivity contribution in [3.05, 3.63) is 29.8 Å². The summed E-state index contributed by atoms with van der Waals surface area (Å²) in [6.07, 6.45) is 0. The molecule has 4 heteroatoms. The lowest BCUT2D eigenvalue weighted by Crippen LogP contribution is -2.32. The van der Waals surface area contributed by atoms with Gasteiger partial charge in [-0.05, 0) is 13.0 Å². The maximum Gasteiger partial charge on any atom is 0.217 e. The van der Waals surface area contributed by atoms with E-state index in [0.717, 1.165) is 17.1 Å². The van der Waals surface area contributed by atoms with Gasteiger partial charge in [-0.25, -0.2) is 0 Å². The van der Waals surface area contributed by atoms with E-state index in [1.54, 1.807) is 17.8 Å². The first kappa shape index (κ1) is 12.9. The average molecular weight is 239 g/mol. The average Bonchev–Trinajstić information content (AvgIpc) is 2.19. The highest BCUT2D eigenvalue weighted by atomic mass is 32.2. The van der Waals surface area contributed by atoms with Gasteiger partial charge in [-0.1, -0.05) is 18.2 Å². The Morgan fingerprint density at radius 3 is 2.81 bits per heavy atom. The lowest BCUT2D eigenvalue weighted by atomic mass is 10.2. The van der Waals surface area contributed by atoms with E-state index < -0.39 is 0 Å². The number of phenolic OH excluding ortho intramolecular Hbond substituents is 1. The Morgan fingerprint density at radius 1 is 1.50 bits per heavy atom. The van der Waals surface area contributed by atoms with Gasteiger partial charge < -0.3 is 10.4 Å². The zero-order valence-electron chi connectivity index (χ0n) is 9.56. The van der Waals surface area contributed by atoms with Crippen molar-refractivity contribution in [1.82, 2.24) is 5.32 Å². The molecule has 0 saturated heterocycles. The number of thioether (sulfide) groups is 1. The number of phenols is 1. The highest BCUT2D eigenvalue weighted by Crippen LogP contribution is 2.21. The first-order chi connectivity index (χ1) is 7.59. The molecule has 3 nitrogen and oxygen atoms in total. The van der Waals surface area contributed by atoms with Crippen molar-refractivity contribution in [2.24, 2.45) is 0 Å². The van der Waals surface area contributed by atoms with Crippen LogP contribution >= 0.6 is 11.8 Å². The van der Waals surface area contributed by atoms with Crippen LogP contribution in [0.2, 0.25) is 0 Å². The van der Waals surface area contributed by atoms with Gasteiger partial charge in [0.05, 0.1) is 0 Å². The Hall–Kier alpha value is -1.16. The first-order valence-corrected chi connectivity index (χ1v) is 6.36. The molecule has 16 heavy (non-hydrogen) atoms. The maximum absolute atomic E-state index is 10.8. The molecule has 0 aliphatic rings. The SMILES string of the molecule is CC(=O)N[C@H](C)CSCc1ccccc1O. The summed E-state index contributed by atoms with van der Waals surface area (Å²) in [7, 11) is 0. The number of hydrogen-bond donors (Lipinski definition) is 2. The predicted octanol–water partition coefficient (Wildman–Crippen LogP) is 2.15. The smallest absolute Gasteiger partial charge is 0.217 e. The number of benzene rings is 1. The lowest BCUT2D eigenvalue weighted by Gasteiger charge is -2.12. The maximum atomic E-state index is 10.8. The van der Waals surface area contributed by atoms with Crippen LogP contribution in [0.25, 0.3) is 0 Å². The summed E-state index contributed by atoms with van der Waals surface area (Å²) in [4.78, 5) is 10.8. The molecule has 0 aliphatic carbocycles. The minimum absolute atomic E-state index is 0.00402. The van der Waals surface area contributed by atoms with Crippen LogP contribution in [-0.4, -0.2) is 22.8 Å². The Bertz CT molecular complexity index is 355. The molecule has 0 heterocycles. The molecule has 1 aromatic carbocycles. The van der Waals surface area contributed by atoms with Crippen LogP contribution in [0.4, 0.5) is 0 Å². The largest absolute Gasteiger partial charge is 0.508 e. The highest BCUT2D eigenvalue weighted by molar-refractivity contribution is 7.98. The number of para-hydroxylation sites is 1. The van der Waals surface area contributed by atoms with Gasteiger partial charge in [0.1, 0.15) is 5.75 Å². The number of aromatic hydroxyl groups is 1. The second-order valence-corrected chi connectivity index (χ2v) is 4.78. The number of rotatable bonds is 5. The molecule has 0 bridgehead atoms. The van der Waals surface area contributed by atoms with Crippen LogP contribution in [0.15, 0.2) is 24.3 Å². The molecule has 1 atom stereocenters. The molecule has 0 fully saturated rings. The van der Waals surface area contributed by atoms with Gasteiger partial charge in [0, 0.05) is 30.0 Å². The molecule has 0 radical (unpaired) electrons. The summed E-state index contributed by atoms with van der Waals surface area (Å²) in [6, 6.07) is 7.47. The Kier molecular flexibility index (Phi) is 5.19. The molecule has 2 N–H and O–H groups in total. The van der Waals surface area contributed by atoms with E-state index >= 15 is 0 Å². The first-order valence-electron chi connectivity index (χ1n) is 5.21. The number of hydrogen-bond acceptors (Lipinski definition) is 3. The number of carbonyl (C=O) groups is 1. The van der Waals surface area contributed by atoms with Gasteiger partial charge in [-0.2, -0.15) is 11.8 Å². The fourth-order valence-corrected chi connectivity index (χ4v) is 2.39. The van der Waals surface area contributed by atoms with Crippen LogP contribution < -0.4 is 5.32 Å².